The summed E-state index contributed by atoms with van der Waals surface area (Å²) in [6.07, 6.45) is 1.54. The lowest BCUT2D eigenvalue weighted by molar-refractivity contribution is -0.132. The number of benzene rings is 3. The molecule has 0 atom stereocenters. The molecule has 5 rings (SSSR count). The topological polar surface area (TPSA) is 62.6 Å². The van der Waals surface area contributed by atoms with E-state index in [0.29, 0.717) is 29.6 Å². The third-order valence-electron chi connectivity index (χ3n) is 6.39. The van der Waals surface area contributed by atoms with Crippen molar-refractivity contribution >= 4 is 32.3 Å². The summed E-state index contributed by atoms with van der Waals surface area (Å²) in [5, 5.41) is 0.561. The van der Waals surface area contributed by atoms with Gasteiger partial charge in [-0.2, -0.15) is 0 Å². The molecule has 3 aromatic carbocycles. The van der Waals surface area contributed by atoms with E-state index in [0.717, 1.165) is 18.8 Å². The van der Waals surface area contributed by atoms with E-state index in [2.05, 4.69) is 17.0 Å². The average Bonchev–Trinajstić information content (AvgIpc) is 3.24. The fraction of sp³-hybridized carbons (Fsp3) is 0.222. The molecule has 0 aliphatic carbocycles. The van der Waals surface area contributed by atoms with Gasteiger partial charge in [-0.25, -0.2) is 12.8 Å². The normalized spacial score (nSPS) is 14.4. The maximum atomic E-state index is 13.6. The lowest BCUT2D eigenvalue weighted by Gasteiger charge is -2.36. The Balaban J connectivity index is 1.34. The van der Waals surface area contributed by atoms with Crippen LogP contribution in [0.1, 0.15) is 5.56 Å². The van der Waals surface area contributed by atoms with E-state index in [1.165, 1.54) is 24.4 Å². The quantitative estimate of drug-likeness (QED) is 0.407. The van der Waals surface area contributed by atoms with Gasteiger partial charge in [-0.15, -0.1) is 0 Å². The SMILES string of the molecule is O=C(Cn1cc(S(=O)(=O)Cc2cccc(F)c2)c2ccccc21)N1CCN(c2ccccc2)CC1. The van der Waals surface area contributed by atoms with Crippen LogP contribution in [-0.2, 0) is 26.9 Å². The molecule has 1 fully saturated rings. The highest BCUT2D eigenvalue weighted by Crippen LogP contribution is 2.28. The molecule has 0 spiro atoms. The van der Waals surface area contributed by atoms with Crippen LogP contribution < -0.4 is 4.90 Å². The van der Waals surface area contributed by atoms with Crippen LogP contribution in [0.15, 0.2) is 90.0 Å². The summed E-state index contributed by atoms with van der Waals surface area (Å²) in [5.74, 6) is -0.834. The second-order valence-corrected chi connectivity index (χ2v) is 10.7. The second kappa shape index (κ2) is 9.54. The maximum absolute atomic E-state index is 13.6. The predicted molar refractivity (Wildman–Crippen MR) is 134 cm³/mol. The van der Waals surface area contributed by atoms with Crippen LogP contribution >= 0.6 is 0 Å². The first-order chi connectivity index (χ1) is 16.9. The molecule has 1 aliphatic heterocycles. The van der Waals surface area contributed by atoms with Crippen LogP contribution in [0.5, 0.6) is 0 Å². The third-order valence-corrected chi connectivity index (χ3v) is 8.10. The molecule has 0 N–H and O–H groups in total. The Hall–Kier alpha value is -3.65. The van der Waals surface area contributed by atoms with Gasteiger partial charge in [0.15, 0.2) is 9.84 Å². The van der Waals surface area contributed by atoms with Gasteiger partial charge in [-0.1, -0.05) is 48.5 Å². The van der Waals surface area contributed by atoms with Crippen molar-refractivity contribution in [3.8, 4) is 0 Å². The van der Waals surface area contributed by atoms with Crippen molar-refractivity contribution in [2.75, 3.05) is 31.1 Å². The number of carbonyl (C=O) groups is 1. The Bertz CT molecular complexity index is 1460. The minimum absolute atomic E-state index is 0.0486. The molecule has 0 unspecified atom stereocenters. The fourth-order valence-electron chi connectivity index (χ4n) is 4.61. The van der Waals surface area contributed by atoms with Crippen LogP contribution in [0.4, 0.5) is 10.1 Å². The van der Waals surface area contributed by atoms with Crippen molar-refractivity contribution in [3.63, 3.8) is 0 Å². The van der Waals surface area contributed by atoms with Gasteiger partial charge >= 0.3 is 0 Å². The summed E-state index contributed by atoms with van der Waals surface area (Å²) in [4.78, 5) is 17.4. The summed E-state index contributed by atoms with van der Waals surface area (Å²) in [6.45, 7) is 2.77. The molecule has 1 aliphatic rings. The van der Waals surface area contributed by atoms with Crippen molar-refractivity contribution < 1.29 is 17.6 Å². The van der Waals surface area contributed by atoms with Crippen molar-refractivity contribution in [1.29, 1.82) is 0 Å². The number of carbonyl (C=O) groups excluding carboxylic acids is 1. The number of rotatable bonds is 6. The maximum Gasteiger partial charge on any atom is 0.242 e. The number of halogens is 1. The van der Waals surface area contributed by atoms with Crippen LogP contribution in [0.3, 0.4) is 0 Å². The van der Waals surface area contributed by atoms with Crippen LogP contribution in [0.2, 0.25) is 0 Å². The predicted octanol–water partition coefficient (Wildman–Crippen LogP) is 4.10. The van der Waals surface area contributed by atoms with Crippen molar-refractivity contribution in [3.05, 3.63) is 96.4 Å². The van der Waals surface area contributed by atoms with Gasteiger partial charge in [0.05, 0.1) is 10.6 Å². The first-order valence-corrected chi connectivity index (χ1v) is 13.2. The van der Waals surface area contributed by atoms with E-state index < -0.39 is 15.7 Å². The van der Waals surface area contributed by atoms with Crippen LogP contribution in [-0.4, -0.2) is 50.0 Å². The zero-order chi connectivity index (χ0) is 24.4. The first kappa shape index (κ1) is 23.1. The molecular weight excluding hydrogens is 465 g/mol. The lowest BCUT2D eigenvalue weighted by atomic mass is 10.2. The zero-order valence-corrected chi connectivity index (χ0v) is 20.0. The van der Waals surface area contributed by atoms with Gasteiger partial charge in [0.25, 0.3) is 0 Å². The number of sulfone groups is 1. The molecule has 0 radical (unpaired) electrons. The van der Waals surface area contributed by atoms with Gasteiger partial charge in [0, 0.05) is 49.0 Å². The lowest BCUT2D eigenvalue weighted by Crippen LogP contribution is -2.49. The van der Waals surface area contributed by atoms with Gasteiger partial charge < -0.3 is 14.4 Å². The number of anilines is 1. The van der Waals surface area contributed by atoms with E-state index in [-0.39, 0.29) is 23.1 Å². The molecule has 1 saturated heterocycles. The zero-order valence-electron chi connectivity index (χ0n) is 19.2. The Morgan fingerprint density at radius 3 is 2.31 bits per heavy atom. The molecule has 1 amide bonds. The van der Waals surface area contributed by atoms with Crippen LogP contribution in [0, 0.1) is 5.82 Å². The standard InChI is InChI=1S/C27H26FN3O3S/c28-22-8-6-7-21(17-22)20-35(33,34)26-18-31(25-12-5-4-11-24(25)26)19-27(32)30-15-13-29(14-16-30)23-9-2-1-3-10-23/h1-12,17-18H,13-16,19-20H2. The highest BCUT2D eigenvalue weighted by atomic mass is 32.2. The number of fused-ring (bicyclic) bond motifs is 1. The first-order valence-electron chi connectivity index (χ1n) is 11.5. The number of para-hydroxylation sites is 2. The van der Waals surface area contributed by atoms with Gasteiger partial charge in [0.2, 0.25) is 5.91 Å². The second-order valence-electron chi connectivity index (χ2n) is 8.73. The van der Waals surface area contributed by atoms with E-state index >= 15 is 0 Å². The number of aromatic nitrogens is 1. The number of hydrogen-bond acceptors (Lipinski definition) is 4. The number of amides is 1. The molecule has 6 nitrogen and oxygen atoms in total. The number of piperazine rings is 1. The molecular formula is C27H26FN3O3S. The van der Waals surface area contributed by atoms with Crippen LogP contribution in [0.25, 0.3) is 10.9 Å². The molecule has 8 heteroatoms. The highest BCUT2D eigenvalue weighted by Gasteiger charge is 2.25. The molecule has 180 valence electrons. The average molecular weight is 492 g/mol. The van der Waals surface area contributed by atoms with Gasteiger partial charge in [0.1, 0.15) is 12.4 Å². The van der Waals surface area contributed by atoms with Gasteiger partial charge in [-0.3, -0.25) is 4.79 Å². The molecule has 35 heavy (non-hydrogen) atoms. The smallest absolute Gasteiger partial charge is 0.242 e. The largest absolute Gasteiger partial charge is 0.368 e. The summed E-state index contributed by atoms with van der Waals surface area (Å²) in [7, 11) is -3.75. The molecule has 2 heterocycles. The molecule has 4 aromatic rings. The number of hydrogen-bond donors (Lipinski definition) is 0. The highest BCUT2D eigenvalue weighted by molar-refractivity contribution is 7.90. The minimum Gasteiger partial charge on any atom is -0.368 e. The molecule has 0 bridgehead atoms. The van der Waals surface area contributed by atoms with Gasteiger partial charge in [-0.05, 0) is 35.9 Å². The molecule has 1 aromatic heterocycles. The Labute approximate surface area is 204 Å². The van der Waals surface area contributed by atoms with Crippen molar-refractivity contribution in [2.24, 2.45) is 0 Å². The monoisotopic (exact) mass is 491 g/mol. The van der Waals surface area contributed by atoms with Crippen molar-refractivity contribution in [1.82, 2.24) is 9.47 Å². The van der Waals surface area contributed by atoms with Crippen molar-refractivity contribution in [2.45, 2.75) is 17.2 Å². The van der Waals surface area contributed by atoms with E-state index in [4.69, 9.17) is 0 Å². The third kappa shape index (κ3) is 4.93. The fourth-order valence-corrected chi connectivity index (χ4v) is 6.18. The molecule has 0 saturated carbocycles. The minimum atomic E-state index is -3.75. The van der Waals surface area contributed by atoms with E-state index in [1.807, 2.05) is 35.2 Å². The summed E-state index contributed by atoms with van der Waals surface area (Å²) in [6, 6.07) is 22.9. The Morgan fingerprint density at radius 1 is 0.857 bits per heavy atom. The summed E-state index contributed by atoms with van der Waals surface area (Å²) < 4.78 is 41.8. The Kier molecular flexibility index (Phi) is 6.30. The Morgan fingerprint density at radius 2 is 1.57 bits per heavy atom. The van der Waals surface area contributed by atoms with E-state index in [1.54, 1.807) is 22.8 Å². The number of nitrogens with zero attached hydrogens (tertiary/aromatic N) is 3. The van der Waals surface area contributed by atoms with E-state index in [9.17, 15) is 17.6 Å². The summed E-state index contributed by atoms with van der Waals surface area (Å²) >= 11 is 0. The summed E-state index contributed by atoms with van der Waals surface area (Å²) in [5.41, 5.74) is 2.21.